The highest BCUT2D eigenvalue weighted by molar-refractivity contribution is 5.89. The molecule has 0 fully saturated rings. The second-order valence-electron chi connectivity index (χ2n) is 8.56. The van der Waals surface area contributed by atoms with E-state index in [1.54, 1.807) is 16.7 Å². The minimum absolute atomic E-state index is 0.135. The highest BCUT2D eigenvalue weighted by Gasteiger charge is 2.20. The molecule has 0 amide bonds. The van der Waals surface area contributed by atoms with Crippen LogP contribution < -0.4 is 15.0 Å². The van der Waals surface area contributed by atoms with Crippen LogP contribution in [0, 0.1) is 0 Å². The van der Waals surface area contributed by atoms with Gasteiger partial charge in [0.15, 0.2) is 5.75 Å². The van der Waals surface area contributed by atoms with Gasteiger partial charge in [0.1, 0.15) is 12.4 Å². The lowest BCUT2D eigenvalue weighted by Crippen LogP contribution is -2.24. The molecule has 0 radical (unpaired) electrons. The van der Waals surface area contributed by atoms with Crippen LogP contribution in [-0.2, 0) is 13.2 Å². The lowest BCUT2D eigenvalue weighted by atomic mass is 10.1. The average molecular weight is 452 g/mol. The van der Waals surface area contributed by atoms with E-state index in [1.165, 1.54) is 25.7 Å². The number of ether oxygens (including phenoxy) is 2. The van der Waals surface area contributed by atoms with Gasteiger partial charge in [0.05, 0.1) is 12.1 Å². The predicted octanol–water partition coefficient (Wildman–Crippen LogP) is 6.83. The van der Waals surface area contributed by atoms with Crippen LogP contribution in [0.1, 0.15) is 70.8 Å². The number of phenols is 1. The normalized spacial score (nSPS) is 11.1. The Morgan fingerprint density at radius 2 is 1.55 bits per heavy atom. The van der Waals surface area contributed by atoms with Crippen LogP contribution in [0.4, 0.5) is 0 Å². The van der Waals surface area contributed by atoms with Gasteiger partial charge >= 0.3 is 0 Å². The minimum atomic E-state index is -0.205. The van der Waals surface area contributed by atoms with Crippen molar-refractivity contribution in [1.82, 2.24) is 4.57 Å². The zero-order valence-corrected chi connectivity index (χ0v) is 20.0. The molecule has 0 saturated heterocycles. The maximum atomic E-state index is 13.6. The molecule has 0 bridgehead atoms. The van der Waals surface area contributed by atoms with Gasteiger partial charge in [0, 0.05) is 18.0 Å². The summed E-state index contributed by atoms with van der Waals surface area (Å²) < 4.78 is 13.9. The lowest BCUT2D eigenvalue weighted by molar-refractivity contribution is 0.256. The zero-order valence-electron chi connectivity index (χ0n) is 20.0. The molecule has 2 aromatic carbocycles. The molecule has 0 unspecified atom stereocenters. The Kier molecular flexibility index (Phi) is 9.67. The maximum absolute atomic E-state index is 13.6. The zero-order chi connectivity index (χ0) is 23.5. The van der Waals surface area contributed by atoms with Crippen molar-refractivity contribution < 1.29 is 14.6 Å². The fraction of sp³-hybridized carbons (Fsp3) is 0.464. The summed E-state index contributed by atoms with van der Waals surface area (Å²) in [7, 11) is 0. The van der Waals surface area contributed by atoms with E-state index in [2.05, 4.69) is 13.8 Å². The van der Waals surface area contributed by atoms with Crippen molar-refractivity contribution in [1.29, 1.82) is 0 Å². The number of phenolic OH excluding ortho intramolecular Hbond substituents is 1. The van der Waals surface area contributed by atoms with Gasteiger partial charge in [0.25, 0.3) is 5.56 Å². The standard InChI is InChI=1S/C28H37NO4/c1-3-5-7-8-9-13-18-29-25-20-23(30)16-17-24(25)26(32-19-6-4-2)27(28(29)31)33-21-22-14-11-10-12-15-22/h10-12,14-17,20,30H,3-9,13,18-19,21H2,1-2H3. The molecule has 33 heavy (non-hydrogen) atoms. The number of aromatic nitrogens is 1. The van der Waals surface area contributed by atoms with Crippen molar-refractivity contribution in [3.05, 3.63) is 64.4 Å². The van der Waals surface area contributed by atoms with E-state index in [-0.39, 0.29) is 17.1 Å². The highest BCUT2D eigenvalue weighted by Crippen LogP contribution is 2.35. The third-order valence-electron chi connectivity index (χ3n) is 5.87. The number of benzene rings is 2. The number of aryl methyl sites for hydroxylation is 1. The van der Waals surface area contributed by atoms with Crippen LogP contribution in [0.3, 0.4) is 0 Å². The van der Waals surface area contributed by atoms with Crippen LogP contribution in [0.5, 0.6) is 17.2 Å². The van der Waals surface area contributed by atoms with E-state index >= 15 is 0 Å². The van der Waals surface area contributed by atoms with Crippen molar-refractivity contribution in [2.75, 3.05) is 6.61 Å². The molecule has 5 heteroatoms. The van der Waals surface area contributed by atoms with Crippen molar-refractivity contribution >= 4 is 10.9 Å². The molecule has 1 N–H and O–H groups in total. The first kappa shape index (κ1) is 24.7. The summed E-state index contributed by atoms with van der Waals surface area (Å²) in [5, 5.41) is 10.9. The van der Waals surface area contributed by atoms with Crippen molar-refractivity contribution in [3.63, 3.8) is 0 Å². The van der Waals surface area contributed by atoms with Crippen LogP contribution in [-0.4, -0.2) is 16.3 Å². The molecule has 5 nitrogen and oxygen atoms in total. The van der Waals surface area contributed by atoms with Gasteiger partial charge in [-0.05, 0) is 30.5 Å². The quantitative estimate of drug-likeness (QED) is 0.273. The fourth-order valence-electron chi connectivity index (χ4n) is 3.98. The monoisotopic (exact) mass is 451 g/mol. The molecule has 0 saturated carbocycles. The summed E-state index contributed by atoms with van der Waals surface area (Å²) in [4.78, 5) is 13.6. The van der Waals surface area contributed by atoms with Crippen LogP contribution in [0.15, 0.2) is 53.3 Å². The van der Waals surface area contributed by atoms with E-state index in [0.717, 1.165) is 36.6 Å². The summed E-state index contributed by atoms with van der Waals surface area (Å²) in [6.45, 7) is 5.70. The SMILES string of the molecule is CCCCCCCCn1c(=O)c(OCc2ccccc2)c(OCCCC)c2ccc(O)cc21. The van der Waals surface area contributed by atoms with Gasteiger partial charge in [-0.2, -0.15) is 0 Å². The van der Waals surface area contributed by atoms with Crippen molar-refractivity contribution in [2.45, 2.75) is 78.4 Å². The first-order valence-corrected chi connectivity index (χ1v) is 12.3. The maximum Gasteiger partial charge on any atom is 0.297 e. The smallest absolute Gasteiger partial charge is 0.297 e. The fourth-order valence-corrected chi connectivity index (χ4v) is 3.98. The molecular weight excluding hydrogens is 414 g/mol. The van der Waals surface area contributed by atoms with Gasteiger partial charge in [-0.15, -0.1) is 0 Å². The highest BCUT2D eigenvalue weighted by atomic mass is 16.5. The number of unbranched alkanes of at least 4 members (excludes halogenated alkanes) is 6. The number of hydrogen-bond acceptors (Lipinski definition) is 4. The summed E-state index contributed by atoms with van der Waals surface area (Å²) in [6.07, 6.45) is 8.71. The summed E-state index contributed by atoms with van der Waals surface area (Å²) in [5.41, 5.74) is 1.47. The average Bonchev–Trinajstić information content (AvgIpc) is 2.83. The summed E-state index contributed by atoms with van der Waals surface area (Å²) in [6, 6.07) is 14.9. The Morgan fingerprint density at radius 3 is 2.30 bits per heavy atom. The number of fused-ring (bicyclic) bond motifs is 1. The first-order chi connectivity index (χ1) is 16.2. The molecule has 0 atom stereocenters. The molecule has 0 aliphatic rings. The van der Waals surface area contributed by atoms with Gasteiger partial charge in [0.2, 0.25) is 5.75 Å². The van der Waals surface area contributed by atoms with Crippen molar-refractivity contribution in [3.8, 4) is 17.2 Å². The second-order valence-corrected chi connectivity index (χ2v) is 8.56. The molecule has 1 heterocycles. The predicted molar refractivity (Wildman–Crippen MR) is 134 cm³/mol. The Balaban J connectivity index is 1.96. The molecule has 178 valence electrons. The van der Waals surface area contributed by atoms with Crippen LogP contribution in [0.25, 0.3) is 10.9 Å². The Hall–Kier alpha value is -2.95. The topological polar surface area (TPSA) is 60.7 Å². The Bertz CT molecular complexity index is 1060. The van der Waals surface area contributed by atoms with Crippen LogP contribution in [0.2, 0.25) is 0 Å². The Morgan fingerprint density at radius 1 is 0.818 bits per heavy atom. The van der Waals surface area contributed by atoms with E-state index in [0.29, 0.717) is 31.0 Å². The van der Waals surface area contributed by atoms with Crippen molar-refractivity contribution in [2.24, 2.45) is 0 Å². The molecule has 3 aromatic rings. The van der Waals surface area contributed by atoms with E-state index < -0.39 is 0 Å². The number of rotatable bonds is 14. The second kappa shape index (κ2) is 12.9. The van der Waals surface area contributed by atoms with Gasteiger partial charge in [-0.1, -0.05) is 82.7 Å². The number of nitrogens with zero attached hydrogens (tertiary/aromatic N) is 1. The Labute approximate surface area is 197 Å². The molecule has 3 rings (SSSR count). The summed E-state index contributed by atoms with van der Waals surface area (Å²) in [5.74, 6) is 0.855. The number of aromatic hydroxyl groups is 1. The minimum Gasteiger partial charge on any atom is -0.508 e. The van der Waals surface area contributed by atoms with Gasteiger partial charge in [-0.25, -0.2) is 0 Å². The third-order valence-corrected chi connectivity index (χ3v) is 5.87. The summed E-state index contributed by atoms with van der Waals surface area (Å²) >= 11 is 0. The largest absolute Gasteiger partial charge is 0.508 e. The lowest BCUT2D eigenvalue weighted by Gasteiger charge is -2.19. The number of pyridine rings is 1. The molecule has 0 aliphatic carbocycles. The van der Waals surface area contributed by atoms with E-state index in [9.17, 15) is 9.90 Å². The molecular formula is C28H37NO4. The molecule has 0 aliphatic heterocycles. The van der Waals surface area contributed by atoms with Gasteiger partial charge < -0.3 is 19.1 Å². The first-order valence-electron chi connectivity index (χ1n) is 12.3. The third kappa shape index (κ3) is 6.77. The number of hydrogen-bond donors (Lipinski definition) is 1. The molecule has 1 aromatic heterocycles. The van der Waals surface area contributed by atoms with Crippen LogP contribution >= 0.6 is 0 Å². The van der Waals surface area contributed by atoms with E-state index in [1.807, 2.05) is 36.4 Å². The molecule has 0 spiro atoms. The van der Waals surface area contributed by atoms with E-state index in [4.69, 9.17) is 9.47 Å². The van der Waals surface area contributed by atoms with Gasteiger partial charge in [-0.3, -0.25) is 4.79 Å².